The smallest absolute Gasteiger partial charge is 0.255 e. The van der Waals surface area contributed by atoms with Crippen LogP contribution in [0.15, 0.2) is 48.9 Å². The van der Waals surface area contributed by atoms with Gasteiger partial charge < -0.3 is 9.64 Å². The number of amides is 1. The van der Waals surface area contributed by atoms with Crippen LogP contribution in [0.3, 0.4) is 0 Å². The van der Waals surface area contributed by atoms with E-state index < -0.39 is 0 Å². The molecule has 3 heterocycles. The number of nitrogens with zero attached hydrogens (tertiary/aromatic N) is 5. The molecule has 0 spiro atoms. The average molecular weight is 393 g/mol. The number of hydrogen-bond donors (Lipinski definition) is 0. The Hall–Kier alpha value is -2.77. The van der Waals surface area contributed by atoms with E-state index in [9.17, 15) is 4.79 Å². The molecule has 152 valence electrons. The van der Waals surface area contributed by atoms with Crippen LogP contribution in [0.1, 0.15) is 24.2 Å². The highest BCUT2D eigenvalue weighted by molar-refractivity contribution is 5.93. The lowest BCUT2D eigenvalue weighted by Gasteiger charge is -2.36. The lowest BCUT2D eigenvalue weighted by Crippen LogP contribution is -2.48. The predicted octanol–water partition coefficient (Wildman–Crippen LogP) is 2.60. The Bertz CT molecular complexity index is 974. The van der Waals surface area contributed by atoms with Crippen molar-refractivity contribution in [1.29, 1.82) is 0 Å². The van der Waals surface area contributed by atoms with Crippen LogP contribution in [0.5, 0.6) is 0 Å². The minimum Gasteiger partial charge on any atom is -0.373 e. The first kappa shape index (κ1) is 19.5. The van der Waals surface area contributed by atoms with Gasteiger partial charge >= 0.3 is 0 Å². The van der Waals surface area contributed by atoms with Crippen molar-refractivity contribution in [2.75, 3.05) is 33.2 Å². The first-order valence-electron chi connectivity index (χ1n) is 10.0. The minimum atomic E-state index is -0.0195. The van der Waals surface area contributed by atoms with Gasteiger partial charge in [0.1, 0.15) is 12.1 Å². The fourth-order valence-electron chi connectivity index (χ4n) is 3.88. The van der Waals surface area contributed by atoms with Gasteiger partial charge in [0.15, 0.2) is 0 Å². The zero-order chi connectivity index (χ0) is 20.4. The number of hydrogen-bond acceptors (Lipinski definition) is 5. The molecule has 0 unspecified atom stereocenters. The van der Waals surface area contributed by atoms with E-state index >= 15 is 0 Å². The average Bonchev–Trinajstić information content (AvgIpc) is 3.15. The molecule has 1 aliphatic rings. The van der Waals surface area contributed by atoms with Crippen molar-refractivity contribution >= 4 is 16.9 Å². The van der Waals surface area contributed by atoms with Crippen molar-refractivity contribution in [2.24, 2.45) is 0 Å². The normalized spacial score (nSPS) is 20.1. The van der Waals surface area contributed by atoms with Crippen molar-refractivity contribution in [3.8, 4) is 5.82 Å². The third-order valence-corrected chi connectivity index (χ3v) is 5.29. The van der Waals surface area contributed by atoms with Crippen LogP contribution in [0.25, 0.3) is 16.9 Å². The number of carbonyl (C=O) groups is 1. The molecule has 1 amide bonds. The molecule has 1 fully saturated rings. The van der Waals surface area contributed by atoms with E-state index in [-0.39, 0.29) is 18.1 Å². The van der Waals surface area contributed by atoms with Gasteiger partial charge in [0.2, 0.25) is 0 Å². The molecule has 2 aromatic heterocycles. The van der Waals surface area contributed by atoms with Crippen molar-refractivity contribution in [2.45, 2.75) is 26.1 Å². The summed E-state index contributed by atoms with van der Waals surface area (Å²) >= 11 is 0. The molecule has 1 saturated heterocycles. The fraction of sp³-hybridized carbons (Fsp3) is 0.409. The number of likely N-dealkylation sites (N-methyl/N-ethyl adjacent to an activating group) is 1. The largest absolute Gasteiger partial charge is 0.373 e. The van der Waals surface area contributed by atoms with Crippen molar-refractivity contribution in [1.82, 2.24) is 24.3 Å². The standard InChI is InChI=1S/C22H27N5O2/c1-16-13-26(14-17(2)29-16)11-10-25(3)22(28)18-8-9-21(23-12-18)27-15-24-19-6-4-5-7-20(19)27/h4-9,12,15-17H,10-11,13-14H2,1-3H3/t16-,17+. The molecule has 29 heavy (non-hydrogen) atoms. The quantitative estimate of drug-likeness (QED) is 0.667. The Balaban J connectivity index is 1.40. The molecule has 0 N–H and O–H groups in total. The van der Waals surface area contributed by atoms with Crippen molar-refractivity contribution in [3.63, 3.8) is 0 Å². The maximum atomic E-state index is 12.8. The highest BCUT2D eigenvalue weighted by Gasteiger charge is 2.22. The van der Waals surface area contributed by atoms with Crippen LogP contribution in [-0.2, 0) is 4.74 Å². The first-order valence-corrected chi connectivity index (χ1v) is 10.0. The molecule has 0 bridgehead atoms. The number of imidazole rings is 1. The number of rotatable bonds is 5. The number of ether oxygens (including phenoxy) is 1. The summed E-state index contributed by atoms with van der Waals surface area (Å²) in [5.41, 5.74) is 2.50. The second-order valence-corrected chi connectivity index (χ2v) is 7.75. The molecule has 3 aromatic rings. The number of carbonyl (C=O) groups excluding carboxylic acids is 1. The topological polar surface area (TPSA) is 63.5 Å². The predicted molar refractivity (Wildman–Crippen MR) is 112 cm³/mol. The molecule has 7 nitrogen and oxygen atoms in total. The Labute approximate surface area is 170 Å². The van der Waals surface area contributed by atoms with Gasteiger partial charge in [0.25, 0.3) is 5.91 Å². The summed E-state index contributed by atoms with van der Waals surface area (Å²) in [5.74, 6) is 0.725. The van der Waals surface area contributed by atoms with Gasteiger partial charge in [0, 0.05) is 39.4 Å². The Morgan fingerprint density at radius 3 is 2.62 bits per heavy atom. The molecule has 0 aliphatic carbocycles. The van der Waals surface area contributed by atoms with Crippen LogP contribution in [0, 0.1) is 0 Å². The molecule has 1 aromatic carbocycles. The summed E-state index contributed by atoms with van der Waals surface area (Å²) in [6.45, 7) is 7.50. The SMILES string of the molecule is C[C@@H]1CN(CCN(C)C(=O)c2ccc(-n3cnc4ccccc43)nc2)C[C@H](C)O1. The van der Waals surface area contributed by atoms with E-state index in [4.69, 9.17) is 4.74 Å². The van der Waals surface area contributed by atoms with Crippen molar-refractivity contribution < 1.29 is 9.53 Å². The molecular weight excluding hydrogens is 366 g/mol. The molecule has 0 radical (unpaired) electrons. The highest BCUT2D eigenvalue weighted by Crippen LogP contribution is 2.17. The first-order chi connectivity index (χ1) is 14.0. The van der Waals surface area contributed by atoms with Gasteiger partial charge in [-0.05, 0) is 38.1 Å². The monoisotopic (exact) mass is 393 g/mol. The van der Waals surface area contributed by atoms with E-state index in [0.29, 0.717) is 12.1 Å². The number of fused-ring (bicyclic) bond motifs is 1. The zero-order valence-electron chi connectivity index (χ0n) is 17.2. The molecular formula is C22H27N5O2. The van der Waals surface area contributed by atoms with Crippen LogP contribution in [-0.4, -0.2) is 75.7 Å². The summed E-state index contributed by atoms with van der Waals surface area (Å²) in [6.07, 6.45) is 3.86. The lowest BCUT2D eigenvalue weighted by molar-refractivity contribution is -0.0685. The number of pyridine rings is 1. The van der Waals surface area contributed by atoms with Gasteiger partial charge in [0.05, 0.1) is 28.8 Å². The molecule has 1 aliphatic heterocycles. The molecule has 2 atom stereocenters. The summed E-state index contributed by atoms with van der Waals surface area (Å²) in [6, 6.07) is 11.6. The maximum absolute atomic E-state index is 12.8. The van der Waals surface area contributed by atoms with E-state index in [1.807, 2.05) is 48.0 Å². The van der Waals surface area contributed by atoms with E-state index in [1.54, 1.807) is 17.4 Å². The summed E-state index contributed by atoms with van der Waals surface area (Å²) < 4.78 is 7.70. The Morgan fingerprint density at radius 2 is 1.90 bits per heavy atom. The zero-order valence-corrected chi connectivity index (χ0v) is 17.2. The summed E-state index contributed by atoms with van der Waals surface area (Å²) in [7, 11) is 1.84. The number of para-hydroxylation sites is 2. The third-order valence-electron chi connectivity index (χ3n) is 5.29. The van der Waals surface area contributed by atoms with Crippen LogP contribution < -0.4 is 0 Å². The molecule has 7 heteroatoms. The fourth-order valence-corrected chi connectivity index (χ4v) is 3.88. The van der Waals surface area contributed by atoms with Crippen LogP contribution >= 0.6 is 0 Å². The summed E-state index contributed by atoms with van der Waals surface area (Å²) in [5, 5.41) is 0. The van der Waals surface area contributed by atoms with Gasteiger partial charge in [-0.25, -0.2) is 9.97 Å². The Morgan fingerprint density at radius 1 is 1.14 bits per heavy atom. The molecule has 4 rings (SSSR count). The number of benzene rings is 1. The van der Waals surface area contributed by atoms with Gasteiger partial charge in [-0.1, -0.05) is 12.1 Å². The highest BCUT2D eigenvalue weighted by atomic mass is 16.5. The van der Waals surface area contributed by atoms with Crippen LogP contribution in [0.4, 0.5) is 0 Å². The van der Waals surface area contributed by atoms with Gasteiger partial charge in [-0.3, -0.25) is 14.3 Å². The second kappa shape index (κ2) is 8.31. The third kappa shape index (κ3) is 4.31. The van der Waals surface area contributed by atoms with Crippen molar-refractivity contribution in [3.05, 3.63) is 54.5 Å². The minimum absolute atomic E-state index is 0.0195. The van der Waals surface area contributed by atoms with E-state index in [0.717, 1.165) is 36.5 Å². The molecule has 0 saturated carbocycles. The lowest BCUT2D eigenvalue weighted by atomic mass is 10.2. The van der Waals surface area contributed by atoms with Gasteiger partial charge in [-0.15, -0.1) is 0 Å². The van der Waals surface area contributed by atoms with Crippen LogP contribution in [0.2, 0.25) is 0 Å². The second-order valence-electron chi connectivity index (χ2n) is 7.75. The summed E-state index contributed by atoms with van der Waals surface area (Å²) in [4.78, 5) is 25.8. The number of morpholine rings is 1. The van der Waals surface area contributed by atoms with E-state index in [1.165, 1.54) is 0 Å². The number of aromatic nitrogens is 3. The van der Waals surface area contributed by atoms with Gasteiger partial charge in [-0.2, -0.15) is 0 Å². The van der Waals surface area contributed by atoms with E-state index in [2.05, 4.69) is 28.7 Å². The Kier molecular flexibility index (Phi) is 5.60. The maximum Gasteiger partial charge on any atom is 0.255 e.